The van der Waals surface area contributed by atoms with E-state index in [1.54, 1.807) is 6.07 Å². The Hall–Kier alpha value is -2.18. The quantitative estimate of drug-likeness (QED) is 0.533. The molecule has 0 bridgehead atoms. The minimum atomic E-state index is -0.725. The summed E-state index contributed by atoms with van der Waals surface area (Å²) in [5, 5.41) is 13.5. The van der Waals surface area contributed by atoms with Crippen LogP contribution in [0.25, 0.3) is 0 Å². The van der Waals surface area contributed by atoms with Crippen molar-refractivity contribution in [1.82, 2.24) is 4.98 Å². The number of anilines is 1. The minimum Gasteiger partial charge on any atom is -0.306 e. The van der Waals surface area contributed by atoms with Crippen molar-refractivity contribution in [3.63, 3.8) is 0 Å². The van der Waals surface area contributed by atoms with Crippen molar-refractivity contribution in [1.29, 1.82) is 0 Å². The molecule has 1 aromatic carbocycles. The number of hydrogen-bond donors (Lipinski definition) is 1. The number of rotatable bonds is 3. The van der Waals surface area contributed by atoms with Crippen LogP contribution < -0.4 is 5.32 Å². The number of pyridine rings is 1. The summed E-state index contributed by atoms with van der Waals surface area (Å²) >= 11 is 11.5. The highest BCUT2D eigenvalue weighted by Crippen LogP contribution is 2.27. The number of aromatic nitrogens is 1. The van der Waals surface area contributed by atoms with E-state index in [-0.39, 0.29) is 27.2 Å². The van der Waals surface area contributed by atoms with Crippen LogP contribution in [0.2, 0.25) is 10.2 Å². The molecule has 0 fully saturated rings. The van der Waals surface area contributed by atoms with Gasteiger partial charge in [-0.3, -0.25) is 14.9 Å². The highest BCUT2D eigenvalue weighted by atomic mass is 35.5. The van der Waals surface area contributed by atoms with Crippen LogP contribution in [0.15, 0.2) is 36.4 Å². The van der Waals surface area contributed by atoms with Gasteiger partial charge in [-0.25, -0.2) is 4.98 Å². The summed E-state index contributed by atoms with van der Waals surface area (Å²) < 4.78 is 0. The summed E-state index contributed by atoms with van der Waals surface area (Å²) in [5.74, 6) is -0.547. The molecule has 1 aromatic heterocycles. The normalized spacial score (nSPS) is 10.1. The van der Waals surface area contributed by atoms with Crippen LogP contribution in [0, 0.1) is 10.1 Å². The Morgan fingerprint density at radius 2 is 1.90 bits per heavy atom. The van der Waals surface area contributed by atoms with Crippen molar-refractivity contribution in [2.24, 2.45) is 0 Å². The molecule has 1 amide bonds. The number of nitrogens with zero attached hydrogens (tertiary/aromatic N) is 2. The Balaban J connectivity index is 2.37. The molecule has 6 nitrogen and oxygen atoms in total. The number of hydrogen-bond acceptors (Lipinski definition) is 4. The molecule has 0 aliphatic carbocycles. The predicted molar refractivity (Wildman–Crippen MR) is 75.3 cm³/mol. The molecule has 1 heterocycles. The molecule has 8 heteroatoms. The highest BCUT2D eigenvalue weighted by molar-refractivity contribution is 6.35. The zero-order valence-corrected chi connectivity index (χ0v) is 11.4. The van der Waals surface area contributed by atoms with Gasteiger partial charge >= 0.3 is 0 Å². The lowest BCUT2D eigenvalue weighted by Crippen LogP contribution is -2.15. The monoisotopic (exact) mass is 311 g/mol. The van der Waals surface area contributed by atoms with Gasteiger partial charge in [-0.05, 0) is 18.2 Å². The van der Waals surface area contributed by atoms with Crippen molar-refractivity contribution in [2.45, 2.75) is 0 Å². The maximum Gasteiger partial charge on any atom is 0.283 e. The second-order valence-electron chi connectivity index (χ2n) is 3.69. The van der Waals surface area contributed by atoms with Crippen LogP contribution >= 0.6 is 23.2 Å². The molecule has 0 unspecified atom stereocenters. The van der Waals surface area contributed by atoms with E-state index in [0.29, 0.717) is 0 Å². The standard InChI is InChI=1S/C12H7Cl2N3O3/c13-7-3-1-4-8(17(19)20)11(7)12(18)16-10-6-2-5-9(14)15-10/h1-6H,(H,15,16,18). The Kier molecular flexibility index (Phi) is 4.16. The van der Waals surface area contributed by atoms with Gasteiger partial charge in [0, 0.05) is 6.07 Å². The Bertz CT molecular complexity index is 691. The average Bonchev–Trinajstić information content (AvgIpc) is 2.38. The van der Waals surface area contributed by atoms with Crippen molar-refractivity contribution >= 4 is 40.6 Å². The van der Waals surface area contributed by atoms with E-state index in [9.17, 15) is 14.9 Å². The molecule has 0 aliphatic heterocycles. The van der Waals surface area contributed by atoms with E-state index in [4.69, 9.17) is 23.2 Å². The fraction of sp³-hybridized carbons (Fsp3) is 0. The molecule has 0 radical (unpaired) electrons. The molecule has 0 atom stereocenters. The first-order valence-electron chi connectivity index (χ1n) is 5.36. The topological polar surface area (TPSA) is 85.1 Å². The first kappa shape index (κ1) is 14.2. The van der Waals surface area contributed by atoms with Gasteiger partial charge in [0.2, 0.25) is 0 Å². The smallest absolute Gasteiger partial charge is 0.283 e. The van der Waals surface area contributed by atoms with Gasteiger partial charge in [0.1, 0.15) is 16.5 Å². The number of carbonyl (C=O) groups excluding carboxylic acids is 1. The van der Waals surface area contributed by atoms with Gasteiger partial charge in [-0.2, -0.15) is 0 Å². The molecular formula is C12H7Cl2N3O3. The first-order chi connectivity index (χ1) is 9.49. The van der Waals surface area contributed by atoms with Gasteiger partial charge in [-0.15, -0.1) is 0 Å². The average molecular weight is 312 g/mol. The van der Waals surface area contributed by atoms with Crippen molar-refractivity contribution in [3.05, 3.63) is 62.3 Å². The third kappa shape index (κ3) is 3.04. The first-order valence-corrected chi connectivity index (χ1v) is 6.11. The van der Waals surface area contributed by atoms with Gasteiger partial charge in [0.25, 0.3) is 11.6 Å². The Morgan fingerprint density at radius 1 is 1.20 bits per heavy atom. The van der Waals surface area contributed by atoms with Crippen molar-refractivity contribution in [3.8, 4) is 0 Å². The van der Waals surface area contributed by atoms with Crippen LogP contribution in [0.4, 0.5) is 11.5 Å². The van der Waals surface area contributed by atoms with E-state index < -0.39 is 10.8 Å². The van der Waals surface area contributed by atoms with Crippen molar-refractivity contribution < 1.29 is 9.72 Å². The van der Waals surface area contributed by atoms with E-state index in [0.717, 1.165) is 0 Å². The van der Waals surface area contributed by atoms with Gasteiger partial charge < -0.3 is 5.32 Å². The van der Waals surface area contributed by atoms with Crippen LogP contribution in [-0.2, 0) is 0 Å². The molecule has 0 spiro atoms. The second kappa shape index (κ2) is 5.85. The molecule has 102 valence electrons. The maximum atomic E-state index is 12.1. The fourth-order valence-corrected chi connectivity index (χ4v) is 1.97. The lowest BCUT2D eigenvalue weighted by Gasteiger charge is -2.06. The van der Waals surface area contributed by atoms with Gasteiger partial charge in [-0.1, -0.05) is 35.3 Å². The highest BCUT2D eigenvalue weighted by Gasteiger charge is 2.23. The van der Waals surface area contributed by atoms with E-state index in [1.165, 1.54) is 30.3 Å². The molecule has 2 aromatic rings. The zero-order chi connectivity index (χ0) is 14.7. The van der Waals surface area contributed by atoms with Crippen molar-refractivity contribution in [2.75, 3.05) is 5.32 Å². The number of benzene rings is 1. The summed E-state index contributed by atoms with van der Waals surface area (Å²) in [7, 11) is 0. The number of carbonyl (C=O) groups is 1. The summed E-state index contributed by atoms with van der Waals surface area (Å²) in [4.78, 5) is 26.2. The third-order valence-electron chi connectivity index (χ3n) is 2.37. The molecule has 0 saturated carbocycles. The molecule has 20 heavy (non-hydrogen) atoms. The minimum absolute atomic E-state index is 0.0151. The van der Waals surface area contributed by atoms with E-state index >= 15 is 0 Å². The Morgan fingerprint density at radius 3 is 2.55 bits per heavy atom. The van der Waals surface area contributed by atoms with E-state index in [2.05, 4.69) is 10.3 Å². The van der Waals surface area contributed by atoms with Crippen LogP contribution in [-0.4, -0.2) is 15.8 Å². The molecule has 1 N–H and O–H groups in total. The second-order valence-corrected chi connectivity index (χ2v) is 4.49. The lowest BCUT2D eigenvalue weighted by molar-refractivity contribution is -0.385. The van der Waals surface area contributed by atoms with Gasteiger partial charge in [0.15, 0.2) is 0 Å². The van der Waals surface area contributed by atoms with Crippen LogP contribution in [0.1, 0.15) is 10.4 Å². The third-order valence-corrected chi connectivity index (χ3v) is 2.90. The van der Waals surface area contributed by atoms with Gasteiger partial charge in [0.05, 0.1) is 9.95 Å². The van der Waals surface area contributed by atoms with E-state index in [1.807, 2.05) is 0 Å². The molecule has 0 aliphatic rings. The summed E-state index contributed by atoms with van der Waals surface area (Å²) in [6.07, 6.45) is 0. The molecule has 0 saturated heterocycles. The Labute approximate surface area is 123 Å². The fourth-order valence-electron chi connectivity index (χ4n) is 1.55. The SMILES string of the molecule is O=C(Nc1cccc(Cl)n1)c1c(Cl)cccc1[N+](=O)[O-]. The lowest BCUT2D eigenvalue weighted by atomic mass is 10.1. The number of nitro benzene ring substituents is 1. The molecule has 2 rings (SSSR count). The largest absolute Gasteiger partial charge is 0.306 e. The zero-order valence-electron chi connectivity index (χ0n) is 9.84. The number of nitro groups is 1. The summed E-state index contributed by atoms with van der Waals surface area (Å²) in [6.45, 7) is 0. The summed E-state index contributed by atoms with van der Waals surface area (Å²) in [6, 6.07) is 8.63. The maximum absolute atomic E-state index is 12.1. The predicted octanol–water partition coefficient (Wildman–Crippen LogP) is 3.55. The molecular weight excluding hydrogens is 305 g/mol. The van der Waals surface area contributed by atoms with Crippen LogP contribution in [0.3, 0.4) is 0 Å². The number of halogens is 2. The van der Waals surface area contributed by atoms with Crippen LogP contribution in [0.5, 0.6) is 0 Å². The number of amides is 1. The number of nitrogens with one attached hydrogen (secondary N) is 1. The summed E-state index contributed by atoms with van der Waals surface area (Å²) in [5.41, 5.74) is -0.599.